The van der Waals surface area contributed by atoms with Crippen molar-refractivity contribution >= 4 is 5.96 Å². The zero-order valence-electron chi connectivity index (χ0n) is 16.2. The van der Waals surface area contributed by atoms with Crippen LogP contribution >= 0.6 is 0 Å². The second kappa shape index (κ2) is 9.97. The van der Waals surface area contributed by atoms with Crippen LogP contribution in [-0.2, 0) is 6.54 Å². The Labute approximate surface area is 161 Å². The van der Waals surface area contributed by atoms with E-state index in [1.165, 1.54) is 5.56 Å². The highest BCUT2D eigenvalue weighted by molar-refractivity contribution is 5.80. The van der Waals surface area contributed by atoms with Crippen molar-refractivity contribution in [3.63, 3.8) is 0 Å². The summed E-state index contributed by atoms with van der Waals surface area (Å²) in [6.45, 7) is 10.9. The monoisotopic (exact) mass is 371 g/mol. The zero-order chi connectivity index (χ0) is 18.9. The quantitative estimate of drug-likeness (QED) is 0.457. The maximum absolute atomic E-state index is 5.78. The third kappa shape index (κ3) is 5.99. The fourth-order valence-electron chi connectivity index (χ4n) is 3.04. The molecule has 0 aliphatic carbocycles. The second-order valence-electron chi connectivity index (χ2n) is 6.65. The Morgan fingerprint density at radius 2 is 1.96 bits per heavy atom. The largest absolute Gasteiger partial charge is 0.492 e. The van der Waals surface area contributed by atoms with E-state index in [9.17, 15) is 0 Å². The lowest BCUT2D eigenvalue weighted by atomic mass is 10.2. The Morgan fingerprint density at radius 3 is 2.63 bits per heavy atom. The molecule has 1 aliphatic rings. The molecule has 1 aliphatic heterocycles. The highest BCUT2D eigenvalue weighted by Crippen LogP contribution is 2.11. The first-order valence-corrected chi connectivity index (χ1v) is 9.59. The van der Waals surface area contributed by atoms with Gasteiger partial charge in [0.1, 0.15) is 18.6 Å². The highest BCUT2D eigenvalue weighted by Gasteiger charge is 2.20. The molecule has 0 atom stereocenters. The summed E-state index contributed by atoms with van der Waals surface area (Å²) in [4.78, 5) is 9.43. The average Bonchev–Trinajstić information content (AvgIpc) is 3.19. The Morgan fingerprint density at radius 1 is 1.19 bits per heavy atom. The minimum Gasteiger partial charge on any atom is -0.492 e. The molecule has 0 unspecified atom stereocenters. The number of piperazine rings is 1. The van der Waals surface area contributed by atoms with Crippen LogP contribution in [0.15, 0.2) is 46.1 Å². The van der Waals surface area contributed by atoms with Crippen molar-refractivity contribution in [3.05, 3.63) is 47.9 Å². The third-order valence-corrected chi connectivity index (χ3v) is 4.53. The lowest BCUT2D eigenvalue weighted by Gasteiger charge is -2.36. The molecule has 0 radical (unpaired) electrons. The van der Waals surface area contributed by atoms with Gasteiger partial charge in [0, 0.05) is 45.3 Å². The van der Waals surface area contributed by atoms with E-state index in [-0.39, 0.29) is 0 Å². The molecule has 146 valence electrons. The molecule has 1 fully saturated rings. The first-order chi connectivity index (χ1) is 13.2. The molecule has 3 rings (SSSR count). The van der Waals surface area contributed by atoms with Crippen LogP contribution in [0.1, 0.15) is 18.2 Å². The van der Waals surface area contributed by atoms with Crippen LogP contribution < -0.4 is 10.1 Å². The van der Waals surface area contributed by atoms with Crippen molar-refractivity contribution < 1.29 is 9.26 Å². The van der Waals surface area contributed by atoms with Gasteiger partial charge in [-0.1, -0.05) is 22.9 Å². The van der Waals surface area contributed by atoms with Crippen LogP contribution in [0.3, 0.4) is 0 Å². The molecule has 0 amide bonds. The zero-order valence-corrected chi connectivity index (χ0v) is 16.2. The Hall–Kier alpha value is -2.54. The van der Waals surface area contributed by atoms with Gasteiger partial charge in [-0.15, -0.1) is 0 Å². The fraction of sp³-hybridized carbons (Fsp3) is 0.500. The molecule has 1 aromatic heterocycles. The molecular weight excluding hydrogens is 342 g/mol. The molecule has 1 aromatic carbocycles. The van der Waals surface area contributed by atoms with E-state index in [2.05, 4.69) is 46.3 Å². The van der Waals surface area contributed by atoms with E-state index in [1.54, 1.807) is 6.26 Å². The summed E-state index contributed by atoms with van der Waals surface area (Å²) in [5.41, 5.74) is 2.22. The topological polar surface area (TPSA) is 66.1 Å². The van der Waals surface area contributed by atoms with Crippen LogP contribution in [-0.4, -0.2) is 66.8 Å². The maximum Gasteiger partial charge on any atom is 0.194 e. The second-order valence-corrected chi connectivity index (χ2v) is 6.65. The van der Waals surface area contributed by atoms with Crippen molar-refractivity contribution in [2.24, 2.45) is 4.99 Å². The van der Waals surface area contributed by atoms with Gasteiger partial charge in [-0.25, -0.2) is 4.99 Å². The fourth-order valence-corrected chi connectivity index (χ4v) is 3.04. The van der Waals surface area contributed by atoms with E-state index in [4.69, 9.17) is 14.3 Å². The summed E-state index contributed by atoms with van der Waals surface area (Å²) in [6, 6.07) is 10.0. The number of aliphatic imine (C=N–C) groups is 1. The van der Waals surface area contributed by atoms with E-state index < -0.39 is 0 Å². The number of aryl methyl sites for hydroxylation is 1. The molecule has 2 aromatic rings. The molecule has 0 saturated carbocycles. The van der Waals surface area contributed by atoms with Gasteiger partial charge < -0.3 is 19.5 Å². The lowest BCUT2D eigenvalue weighted by molar-refractivity contribution is 0.169. The van der Waals surface area contributed by atoms with Gasteiger partial charge in [-0.2, -0.15) is 0 Å². The molecule has 1 saturated heterocycles. The number of benzene rings is 1. The summed E-state index contributed by atoms with van der Waals surface area (Å²) >= 11 is 0. The number of aromatic nitrogens is 1. The Balaban J connectivity index is 1.45. The number of rotatable bonds is 7. The van der Waals surface area contributed by atoms with Gasteiger partial charge in [-0.05, 0) is 26.0 Å². The summed E-state index contributed by atoms with van der Waals surface area (Å²) in [5.74, 6) is 1.85. The van der Waals surface area contributed by atoms with Gasteiger partial charge in [0.25, 0.3) is 0 Å². The van der Waals surface area contributed by atoms with E-state index in [0.717, 1.165) is 56.7 Å². The molecule has 0 spiro atoms. The lowest BCUT2D eigenvalue weighted by Crippen LogP contribution is -2.52. The molecule has 7 nitrogen and oxygen atoms in total. The highest BCUT2D eigenvalue weighted by atomic mass is 16.5. The normalized spacial score (nSPS) is 15.8. The number of nitrogens with zero attached hydrogens (tertiary/aromatic N) is 4. The van der Waals surface area contributed by atoms with Crippen LogP contribution in [0, 0.1) is 6.92 Å². The molecule has 2 heterocycles. The first-order valence-electron chi connectivity index (χ1n) is 9.59. The summed E-state index contributed by atoms with van der Waals surface area (Å²) in [5, 5.41) is 7.39. The standard InChI is InChI=1S/C20H29N5O2/c1-3-21-20(22-9-15-26-19-6-4-17(2)5-7-19)25-12-10-24(11-13-25)16-18-8-14-27-23-18/h4-8,14H,3,9-13,15-16H2,1-2H3,(H,21,22). The minimum absolute atomic E-state index is 0.573. The number of hydrogen-bond acceptors (Lipinski definition) is 5. The van der Waals surface area contributed by atoms with Crippen LogP contribution in [0.2, 0.25) is 0 Å². The van der Waals surface area contributed by atoms with Gasteiger partial charge >= 0.3 is 0 Å². The summed E-state index contributed by atoms with van der Waals surface area (Å²) < 4.78 is 10.7. The van der Waals surface area contributed by atoms with Crippen LogP contribution in [0.25, 0.3) is 0 Å². The summed E-state index contributed by atoms with van der Waals surface area (Å²) in [7, 11) is 0. The minimum atomic E-state index is 0.573. The predicted octanol–water partition coefficient (Wildman–Crippen LogP) is 2.15. The summed E-state index contributed by atoms with van der Waals surface area (Å²) in [6.07, 6.45) is 1.63. The van der Waals surface area contributed by atoms with Crippen molar-refractivity contribution in [2.45, 2.75) is 20.4 Å². The van der Waals surface area contributed by atoms with Crippen molar-refractivity contribution in [2.75, 3.05) is 45.9 Å². The number of guanidine groups is 1. The number of nitrogens with one attached hydrogen (secondary N) is 1. The third-order valence-electron chi connectivity index (χ3n) is 4.53. The Kier molecular flexibility index (Phi) is 7.10. The van der Waals surface area contributed by atoms with Crippen molar-refractivity contribution in [3.8, 4) is 5.75 Å². The SMILES string of the molecule is CCNC(=NCCOc1ccc(C)cc1)N1CCN(Cc2ccon2)CC1. The molecule has 0 bridgehead atoms. The van der Waals surface area contributed by atoms with E-state index in [0.29, 0.717) is 13.2 Å². The van der Waals surface area contributed by atoms with Gasteiger partial charge in [0.05, 0.1) is 12.2 Å². The Bertz CT molecular complexity index is 692. The van der Waals surface area contributed by atoms with E-state index >= 15 is 0 Å². The van der Waals surface area contributed by atoms with Gasteiger partial charge in [-0.3, -0.25) is 4.90 Å². The molecular formula is C20H29N5O2. The maximum atomic E-state index is 5.78. The van der Waals surface area contributed by atoms with Crippen molar-refractivity contribution in [1.82, 2.24) is 20.3 Å². The van der Waals surface area contributed by atoms with Gasteiger partial charge in [0.2, 0.25) is 0 Å². The van der Waals surface area contributed by atoms with Crippen molar-refractivity contribution in [1.29, 1.82) is 0 Å². The predicted molar refractivity (Wildman–Crippen MR) is 106 cm³/mol. The molecule has 1 N–H and O–H groups in total. The first kappa shape index (κ1) is 19.2. The molecule has 27 heavy (non-hydrogen) atoms. The number of ether oxygens (including phenoxy) is 1. The molecule has 7 heteroatoms. The van der Waals surface area contributed by atoms with Crippen LogP contribution in [0.4, 0.5) is 0 Å². The van der Waals surface area contributed by atoms with E-state index in [1.807, 2.05) is 18.2 Å². The smallest absolute Gasteiger partial charge is 0.194 e. The van der Waals surface area contributed by atoms with Crippen LogP contribution in [0.5, 0.6) is 5.75 Å². The average molecular weight is 371 g/mol. The van der Waals surface area contributed by atoms with Gasteiger partial charge in [0.15, 0.2) is 5.96 Å². The number of hydrogen-bond donors (Lipinski definition) is 1.